The number of halogens is 3. The lowest BCUT2D eigenvalue weighted by Crippen LogP contribution is -2.44. The first-order valence-corrected chi connectivity index (χ1v) is 4.07. The van der Waals surface area contributed by atoms with Crippen LogP contribution in [0.3, 0.4) is 0 Å². The predicted molar refractivity (Wildman–Crippen MR) is 42.3 cm³/mol. The fourth-order valence-electron chi connectivity index (χ4n) is 1.45. The van der Waals surface area contributed by atoms with Gasteiger partial charge in [0.05, 0.1) is 5.92 Å². The van der Waals surface area contributed by atoms with Crippen molar-refractivity contribution in [1.29, 1.82) is 5.41 Å². The molecule has 76 valence electrons. The van der Waals surface area contributed by atoms with E-state index in [1.54, 1.807) is 0 Å². The van der Waals surface area contributed by atoms with Crippen molar-refractivity contribution in [2.45, 2.75) is 19.0 Å². The van der Waals surface area contributed by atoms with E-state index in [-0.39, 0.29) is 31.9 Å². The lowest BCUT2D eigenvalue weighted by atomic mass is 9.96. The normalized spacial score (nSPS) is 20.4. The van der Waals surface area contributed by atoms with Gasteiger partial charge in [-0.05, 0) is 12.8 Å². The average Bonchev–Trinajstić information content (AvgIpc) is 2.03. The van der Waals surface area contributed by atoms with Crippen molar-refractivity contribution in [3.8, 4) is 0 Å². The van der Waals surface area contributed by atoms with E-state index < -0.39 is 12.1 Å². The fraction of sp³-hybridized carbons (Fsp3) is 0.857. The van der Waals surface area contributed by atoms with Crippen LogP contribution in [-0.2, 0) is 0 Å². The number of alkyl halides is 3. The van der Waals surface area contributed by atoms with Gasteiger partial charge in [-0.1, -0.05) is 0 Å². The largest absolute Gasteiger partial charge is 0.391 e. The van der Waals surface area contributed by atoms with Crippen LogP contribution in [0, 0.1) is 11.3 Å². The molecule has 1 aliphatic rings. The Hall–Kier alpha value is -0.940. The van der Waals surface area contributed by atoms with Gasteiger partial charge in [0.1, 0.15) is 0 Å². The second kappa shape index (κ2) is 3.43. The second-order valence-corrected chi connectivity index (χ2v) is 3.19. The Labute approximate surface area is 74.2 Å². The summed E-state index contributed by atoms with van der Waals surface area (Å²) in [5.41, 5.74) is 5.15. The van der Waals surface area contributed by atoms with Gasteiger partial charge < -0.3 is 10.6 Å². The lowest BCUT2D eigenvalue weighted by Gasteiger charge is -2.32. The molecule has 0 saturated carbocycles. The second-order valence-electron chi connectivity index (χ2n) is 3.19. The first-order chi connectivity index (χ1) is 5.91. The summed E-state index contributed by atoms with van der Waals surface area (Å²) >= 11 is 0. The molecule has 0 radical (unpaired) electrons. The Morgan fingerprint density at radius 2 is 1.77 bits per heavy atom. The average molecular weight is 195 g/mol. The van der Waals surface area contributed by atoms with E-state index in [1.807, 2.05) is 0 Å². The third kappa shape index (κ3) is 2.50. The molecule has 0 spiro atoms. The molecule has 0 aliphatic carbocycles. The summed E-state index contributed by atoms with van der Waals surface area (Å²) in [5, 5.41) is 7.03. The summed E-state index contributed by atoms with van der Waals surface area (Å²) in [6, 6.07) is 0. The van der Waals surface area contributed by atoms with E-state index in [1.165, 1.54) is 4.90 Å². The summed E-state index contributed by atoms with van der Waals surface area (Å²) < 4.78 is 36.5. The lowest BCUT2D eigenvalue weighted by molar-refractivity contribution is -0.183. The van der Waals surface area contributed by atoms with Gasteiger partial charge in [-0.2, -0.15) is 13.2 Å². The highest BCUT2D eigenvalue weighted by Gasteiger charge is 2.41. The minimum absolute atomic E-state index is 0.0447. The molecular weight excluding hydrogens is 183 g/mol. The zero-order chi connectivity index (χ0) is 10.1. The smallest absolute Gasteiger partial charge is 0.370 e. The molecule has 6 heteroatoms. The fourth-order valence-corrected chi connectivity index (χ4v) is 1.45. The molecule has 1 heterocycles. The van der Waals surface area contributed by atoms with Crippen molar-refractivity contribution in [3.63, 3.8) is 0 Å². The highest BCUT2D eigenvalue weighted by atomic mass is 19.4. The Balaban J connectivity index is 2.44. The molecule has 1 fully saturated rings. The third-order valence-corrected chi connectivity index (χ3v) is 2.30. The molecule has 13 heavy (non-hydrogen) atoms. The van der Waals surface area contributed by atoms with Crippen LogP contribution in [0.15, 0.2) is 0 Å². The monoisotopic (exact) mass is 195 g/mol. The van der Waals surface area contributed by atoms with Crippen LogP contribution in [0.1, 0.15) is 12.8 Å². The van der Waals surface area contributed by atoms with E-state index >= 15 is 0 Å². The number of hydrogen-bond acceptors (Lipinski definition) is 1. The first-order valence-electron chi connectivity index (χ1n) is 4.07. The van der Waals surface area contributed by atoms with E-state index in [4.69, 9.17) is 11.1 Å². The summed E-state index contributed by atoms with van der Waals surface area (Å²) in [4.78, 5) is 1.46. The number of hydrogen-bond donors (Lipinski definition) is 2. The molecule has 0 aromatic heterocycles. The number of rotatable bonds is 0. The van der Waals surface area contributed by atoms with Crippen molar-refractivity contribution < 1.29 is 13.2 Å². The van der Waals surface area contributed by atoms with Crippen LogP contribution in [0.2, 0.25) is 0 Å². The van der Waals surface area contributed by atoms with Crippen LogP contribution in [-0.4, -0.2) is 30.1 Å². The molecule has 0 bridgehead atoms. The van der Waals surface area contributed by atoms with E-state index in [9.17, 15) is 13.2 Å². The number of piperidine rings is 1. The number of guanidine groups is 1. The minimum atomic E-state index is -4.09. The molecule has 1 rings (SSSR count). The number of likely N-dealkylation sites (tertiary alicyclic amines) is 1. The van der Waals surface area contributed by atoms with Crippen molar-refractivity contribution in [1.82, 2.24) is 4.90 Å². The quantitative estimate of drug-likeness (QED) is 0.450. The molecule has 0 aromatic rings. The Bertz CT molecular complexity index is 194. The van der Waals surface area contributed by atoms with Gasteiger partial charge in [-0.25, -0.2) is 0 Å². The summed E-state index contributed by atoms with van der Waals surface area (Å²) in [7, 11) is 0. The molecule has 1 aliphatic heterocycles. The maximum Gasteiger partial charge on any atom is 0.391 e. The van der Waals surface area contributed by atoms with Crippen molar-refractivity contribution in [2.24, 2.45) is 11.7 Å². The minimum Gasteiger partial charge on any atom is -0.370 e. The molecule has 3 nitrogen and oxygen atoms in total. The van der Waals surface area contributed by atoms with Gasteiger partial charge in [0, 0.05) is 13.1 Å². The van der Waals surface area contributed by atoms with Crippen LogP contribution < -0.4 is 5.73 Å². The van der Waals surface area contributed by atoms with Crippen LogP contribution >= 0.6 is 0 Å². The van der Waals surface area contributed by atoms with Gasteiger partial charge >= 0.3 is 6.18 Å². The van der Waals surface area contributed by atoms with Crippen molar-refractivity contribution in [3.05, 3.63) is 0 Å². The molecular formula is C7H12F3N3. The van der Waals surface area contributed by atoms with Crippen LogP contribution in [0.5, 0.6) is 0 Å². The predicted octanol–water partition coefficient (Wildman–Crippen LogP) is 1.15. The maximum atomic E-state index is 12.2. The summed E-state index contributed by atoms with van der Waals surface area (Å²) in [5.74, 6) is -1.36. The molecule has 0 unspecified atom stereocenters. The van der Waals surface area contributed by atoms with Crippen LogP contribution in [0.25, 0.3) is 0 Å². The standard InChI is InChI=1S/C7H12F3N3/c8-7(9,10)5-1-3-13(4-2-5)6(11)12/h5H,1-4H2,(H3,11,12). The van der Waals surface area contributed by atoms with Gasteiger partial charge in [-0.3, -0.25) is 5.41 Å². The number of nitrogens with two attached hydrogens (primary N) is 1. The van der Waals surface area contributed by atoms with E-state index in [0.717, 1.165) is 0 Å². The third-order valence-electron chi connectivity index (χ3n) is 2.30. The summed E-state index contributed by atoms with van der Waals surface area (Å²) in [6.45, 7) is 0.471. The first kappa shape index (κ1) is 10.1. The van der Waals surface area contributed by atoms with Crippen LogP contribution in [0.4, 0.5) is 13.2 Å². The molecule has 1 saturated heterocycles. The number of nitrogens with one attached hydrogen (secondary N) is 1. The van der Waals surface area contributed by atoms with E-state index in [0.29, 0.717) is 0 Å². The summed E-state index contributed by atoms with van der Waals surface area (Å²) in [6.07, 6.45) is -4.00. The Kier molecular flexibility index (Phi) is 2.68. The van der Waals surface area contributed by atoms with Crippen molar-refractivity contribution in [2.75, 3.05) is 13.1 Å². The maximum absolute atomic E-state index is 12.2. The zero-order valence-electron chi connectivity index (χ0n) is 7.06. The molecule has 0 amide bonds. The Morgan fingerprint density at radius 1 is 1.31 bits per heavy atom. The molecule has 3 N–H and O–H groups in total. The van der Waals surface area contributed by atoms with E-state index in [2.05, 4.69) is 0 Å². The van der Waals surface area contributed by atoms with Gasteiger partial charge in [-0.15, -0.1) is 0 Å². The highest BCUT2D eigenvalue weighted by molar-refractivity contribution is 5.74. The van der Waals surface area contributed by atoms with Crippen molar-refractivity contribution >= 4 is 5.96 Å². The van der Waals surface area contributed by atoms with Gasteiger partial charge in [0.15, 0.2) is 5.96 Å². The zero-order valence-corrected chi connectivity index (χ0v) is 7.06. The highest BCUT2D eigenvalue weighted by Crippen LogP contribution is 2.33. The molecule has 0 atom stereocenters. The number of nitrogens with zero attached hydrogens (tertiary/aromatic N) is 1. The van der Waals surface area contributed by atoms with Gasteiger partial charge in [0.25, 0.3) is 0 Å². The molecule has 0 aromatic carbocycles. The topological polar surface area (TPSA) is 53.1 Å². The SMILES string of the molecule is N=C(N)N1CCC(C(F)(F)F)CC1. The van der Waals surface area contributed by atoms with Gasteiger partial charge in [0.2, 0.25) is 0 Å². The Morgan fingerprint density at radius 3 is 2.08 bits per heavy atom.